The molecule has 0 fully saturated rings. The Balaban J connectivity index is 2.05. The van der Waals surface area contributed by atoms with Gasteiger partial charge in [0, 0.05) is 25.2 Å². The topological polar surface area (TPSA) is 39.1 Å². The van der Waals surface area contributed by atoms with Crippen LogP contribution in [0.2, 0.25) is 0 Å². The van der Waals surface area contributed by atoms with Gasteiger partial charge < -0.3 is 10.1 Å². The van der Waals surface area contributed by atoms with E-state index in [1.54, 1.807) is 7.11 Å². The van der Waals surface area contributed by atoms with Crippen molar-refractivity contribution in [3.05, 3.63) is 47.3 Å². The van der Waals surface area contributed by atoms with Gasteiger partial charge in [-0.15, -0.1) is 0 Å². The van der Waals surface area contributed by atoms with Gasteiger partial charge in [-0.3, -0.25) is 4.68 Å². The van der Waals surface area contributed by atoms with Gasteiger partial charge >= 0.3 is 0 Å². The van der Waals surface area contributed by atoms with Gasteiger partial charge in [0.1, 0.15) is 5.75 Å². The van der Waals surface area contributed by atoms with Crippen molar-refractivity contribution in [2.24, 2.45) is 7.05 Å². The van der Waals surface area contributed by atoms with Gasteiger partial charge in [0.25, 0.3) is 0 Å². The Bertz CT molecular complexity index is 548. The predicted molar refractivity (Wildman–Crippen MR) is 76.2 cm³/mol. The molecule has 0 aliphatic rings. The molecule has 19 heavy (non-hydrogen) atoms. The molecule has 2 aromatic rings. The zero-order valence-electron chi connectivity index (χ0n) is 12.0. The number of aromatic nitrogens is 2. The zero-order chi connectivity index (χ0) is 13.8. The molecule has 2 rings (SSSR count). The van der Waals surface area contributed by atoms with Gasteiger partial charge in [0.15, 0.2) is 0 Å². The molecule has 102 valence electrons. The lowest BCUT2D eigenvalue weighted by atomic mass is 10.1. The molecule has 1 N–H and O–H groups in total. The predicted octanol–water partition coefficient (Wildman–Crippen LogP) is 2.59. The van der Waals surface area contributed by atoms with E-state index < -0.39 is 0 Å². The normalized spacial score (nSPS) is 12.4. The minimum absolute atomic E-state index is 0.228. The molecule has 4 nitrogen and oxygen atoms in total. The van der Waals surface area contributed by atoms with E-state index in [0.29, 0.717) is 0 Å². The Hall–Kier alpha value is -1.81. The molecule has 0 radical (unpaired) electrons. The summed E-state index contributed by atoms with van der Waals surface area (Å²) in [5, 5.41) is 7.85. The summed E-state index contributed by atoms with van der Waals surface area (Å²) in [6.07, 6.45) is 0. The van der Waals surface area contributed by atoms with Crippen molar-refractivity contribution in [3.8, 4) is 5.75 Å². The smallest absolute Gasteiger partial charge is 0.123 e. The molecule has 0 amide bonds. The first-order chi connectivity index (χ1) is 9.11. The van der Waals surface area contributed by atoms with Crippen LogP contribution in [0.25, 0.3) is 0 Å². The standard InChI is InChI=1S/C15H21N3O/c1-11-9-13(18(3)17-11)10-16-12(2)14-7-5-6-8-15(14)19-4/h5-9,12,16H,10H2,1-4H3/t12-/m1/s1. The number of hydrogen-bond donors (Lipinski definition) is 1. The van der Waals surface area contributed by atoms with Crippen LogP contribution in [0.1, 0.15) is 29.9 Å². The second kappa shape index (κ2) is 5.89. The summed E-state index contributed by atoms with van der Waals surface area (Å²) in [4.78, 5) is 0. The Morgan fingerprint density at radius 1 is 1.37 bits per heavy atom. The van der Waals surface area contributed by atoms with Crippen LogP contribution >= 0.6 is 0 Å². The highest BCUT2D eigenvalue weighted by Crippen LogP contribution is 2.24. The van der Waals surface area contributed by atoms with E-state index in [0.717, 1.165) is 18.0 Å². The van der Waals surface area contributed by atoms with Gasteiger partial charge in [-0.25, -0.2) is 0 Å². The van der Waals surface area contributed by atoms with E-state index in [1.807, 2.05) is 36.9 Å². The van der Waals surface area contributed by atoms with Crippen LogP contribution < -0.4 is 10.1 Å². The number of hydrogen-bond acceptors (Lipinski definition) is 3. The number of benzene rings is 1. The third kappa shape index (κ3) is 3.15. The van der Waals surface area contributed by atoms with Crippen molar-refractivity contribution in [1.29, 1.82) is 0 Å². The van der Waals surface area contributed by atoms with Crippen LogP contribution in [0.4, 0.5) is 0 Å². The summed E-state index contributed by atoms with van der Waals surface area (Å²) >= 11 is 0. The highest BCUT2D eigenvalue weighted by Gasteiger charge is 2.11. The zero-order valence-corrected chi connectivity index (χ0v) is 12.0. The Labute approximate surface area is 114 Å². The van der Waals surface area contributed by atoms with E-state index in [9.17, 15) is 0 Å². The number of nitrogens with one attached hydrogen (secondary N) is 1. The van der Waals surface area contributed by atoms with Gasteiger partial charge in [0.2, 0.25) is 0 Å². The van der Waals surface area contributed by atoms with E-state index in [1.165, 1.54) is 11.3 Å². The molecule has 0 saturated carbocycles. The number of methoxy groups -OCH3 is 1. The summed E-state index contributed by atoms with van der Waals surface area (Å²) < 4.78 is 7.30. The number of rotatable bonds is 5. The highest BCUT2D eigenvalue weighted by atomic mass is 16.5. The van der Waals surface area contributed by atoms with E-state index in [4.69, 9.17) is 4.74 Å². The Morgan fingerprint density at radius 2 is 2.11 bits per heavy atom. The summed E-state index contributed by atoms with van der Waals surface area (Å²) in [7, 11) is 3.67. The van der Waals surface area contributed by atoms with Gasteiger partial charge in [0.05, 0.1) is 18.5 Å². The number of ether oxygens (including phenoxy) is 1. The molecule has 0 spiro atoms. The Morgan fingerprint density at radius 3 is 2.74 bits per heavy atom. The number of aryl methyl sites for hydroxylation is 2. The molecule has 0 aliphatic carbocycles. The summed E-state index contributed by atoms with van der Waals surface area (Å²) in [6.45, 7) is 4.94. The van der Waals surface area contributed by atoms with Crippen LogP contribution in [-0.4, -0.2) is 16.9 Å². The molecule has 1 heterocycles. The summed E-state index contributed by atoms with van der Waals surface area (Å²) in [5.74, 6) is 0.920. The fourth-order valence-corrected chi connectivity index (χ4v) is 2.22. The SMILES string of the molecule is COc1ccccc1[C@@H](C)NCc1cc(C)nn1C. The van der Waals surface area contributed by atoms with Crippen LogP contribution in [0.15, 0.2) is 30.3 Å². The molecular formula is C15H21N3O. The van der Waals surface area contributed by atoms with E-state index in [2.05, 4.69) is 29.5 Å². The fourth-order valence-electron chi connectivity index (χ4n) is 2.22. The number of para-hydroxylation sites is 1. The van der Waals surface area contributed by atoms with Crippen LogP contribution in [-0.2, 0) is 13.6 Å². The molecular weight excluding hydrogens is 238 g/mol. The average molecular weight is 259 g/mol. The van der Waals surface area contributed by atoms with Crippen LogP contribution in [0.5, 0.6) is 5.75 Å². The Kier molecular flexibility index (Phi) is 4.22. The molecule has 0 aliphatic heterocycles. The average Bonchev–Trinajstić information content (AvgIpc) is 2.74. The second-order valence-electron chi connectivity index (χ2n) is 4.75. The van der Waals surface area contributed by atoms with Crippen molar-refractivity contribution in [1.82, 2.24) is 15.1 Å². The minimum Gasteiger partial charge on any atom is -0.496 e. The summed E-state index contributed by atoms with van der Waals surface area (Å²) in [5.41, 5.74) is 3.40. The van der Waals surface area contributed by atoms with Crippen molar-refractivity contribution in [3.63, 3.8) is 0 Å². The maximum absolute atomic E-state index is 5.39. The third-order valence-electron chi connectivity index (χ3n) is 3.29. The van der Waals surface area contributed by atoms with Crippen molar-refractivity contribution in [2.45, 2.75) is 26.4 Å². The molecule has 0 saturated heterocycles. The highest BCUT2D eigenvalue weighted by molar-refractivity contribution is 5.35. The summed E-state index contributed by atoms with van der Waals surface area (Å²) in [6, 6.07) is 10.4. The lowest BCUT2D eigenvalue weighted by Gasteiger charge is -2.17. The molecule has 1 aromatic heterocycles. The largest absolute Gasteiger partial charge is 0.496 e. The van der Waals surface area contributed by atoms with Crippen molar-refractivity contribution >= 4 is 0 Å². The minimum atomic E-state index is 0.228. The fraction of sp³-hybridized carbons (Fsp3) is 0.400. The monoisotopic (exact) mass is 259 g/mol. The van der Waals surface area contributed by atoms with Gasteiger partial charge in [-0.1, -0.05) is 18.2 Å². The lowest BCUT2D eigenvalue weighted by Crippen LogP contribution is -2.20. The number of nitrogens with zero attached hydrogens (tertiary/aromatic N) is 2. The quantitative estimate of drug-likeness (QED) is 0.897. The molecule has 0 bridgehead atoms. The third-order valence-corrected chi connectivity index (χ3v) is 3.29. The first-order valence-corrected chi connectivity index (χ1v) is 6.47. The van der Waals surface area contributed by atoms with Crippen molar-refractivity contribution in [2.75, 3.05) is 7.11 Å². The maximum Gasteiger partial charge on any atom is 0.123 e. The second-order valence-corrected chi connectivity index (χ2v) is 4.75. The van der Waals surface area contributed by atoms with Crippen LogP contribution in [0, 0.1) is 6.92 Å². The molecule has 1 aromatic carbocycles. The molecule has 0 unspecified atom stereocenters. The van der Waals surface area contributed by atoms with Gasteiger partial charge in [-0.05, 0) is 26.0 Å². The van der Waals surface area contributed by atoms with Crippen LogP contribution in [0.3, 0.4) is 0 Å². The van der Waals surface area contributed by atoms with E-state index in [-0.39, 0.29) is 6.04 Å². The van der Waals surface area contributed by atoms with Crippen molar-refractivity contribution < 1.29 is 4.74 Å². The first kappa shape index (κ1) is 13.6. The maximum atomic E-state index is 5.39. The van der Waals surface area contributed by atoms with E-state index >= 15 is 0 Å². The first-order valence-electron chi connectivity index (χ1n) is 6.47. The lowest BCUT2D eigenvalue weighted by molar-refractivity contribution is 0.401. The van der Waals surface area contributed by atoms with Gasteiger partial charge in [-0.2, -0.15) is 5.10 Å². The molecule has 4 heteroatoms. The molecule has 1 atom stereocenters.